The van der Waals surface area contributed by atoms with Gasteiger partial charge in [-0.3, -0.25) is 0 Å². The summed E-state index contributed by atoms with van der Waals surface area (Å²) < 4.78 is 0.904. The summed E-state index contributed by atoms with van der Waals surface area (Å²) in [7, 11) is 0. The van der Waals surface area contributed by atoms with Gasteiger partial charge in [0.1, 0.15) is 0 Å². The van der Waals surface area contributed by atoms with Crippen molar-refractivity contribution in [2.45, 2.75) is 0 Å². The fourth-order valence-electron chi connectivity index (χ4n) is 0.421. The third-order valence-electron chi connectivity index (χ3n) is 0.868. The lowest BCUT2D eigenvalue weighted by Crippen LogP contribution is -2.14. The van der Waals surface area contributed by atoms with Crippen molar-refractivity contribution in [2.75, 3.05) is 17.0 Å². The van der Waals surface area contributed by atoms with Gasteiger partial charge in [-0.25, -0.2) is 5.43 Å². The van der Waals surface area contributed by atoms with Crippen molar-refractivity contribution in [3.8, 4) is 0 Å². The summed E-state index contributed by atoms with van der Waals surface area (Å²) in [4.78, 5) is 9.60. The maximum Gasteiger partial charge on any atom is 0.267 e. The molecular weight excluding hydrogens is 138 g/mol. The van der Waals surface area contributed by atoms with Crippen LogP contribution in [0.2, 0.25) is 0 Å². The van der Waals surface area contributed by atoms with Crippen LogP contribution >= 0.6 is 0 Å². The van der Waals surface area contributed by atoms with Gasteiger partial charge in [0.2, 0.25) is 5.95 Å². The molecular formula is C2H5N7O. The minimum absolute atomic E-state index is 0.00569. The van der Waals surface area contributed by atoms with Crippen LogP contribution in [-0.4, -0.2) is 14.9 Å². The molecule has 0 saturated carbocycles. The molecule has 0 aliphatic rings. The average Bonchev–Trinajstić information content (AvgIpc) is 2.20. The molecule has 0 aliphatic heterocycles. The van der Waals surface area contributed by atoms with Gasteiger partial charge in [-0.05, 0) is 0 Å². The molecule has 5 N–H and O–H groups in total. The Balaban J connectivity index is 2.93. The van der Waals surface area contributed by atoms with E-state index in [0.717, 1.165) is 4.68 Å². The molecule has 8 heteroatoms. The number of nitrogens with two attached hydrogens (primary N) is 2. The van der Waals surface area contributed by atoms with E-state index in [-0.39, 0.29) is 11.9 Å². The van der Waals surface area contributed by atoms with Crippen molar-refractivity contribution in [3.63, 3.8) is 0 Å². The van der Waals surface area contributed by atoms with Gasteiger partial charge in [0.05, 0.1) is 5.29 Å². The van der Waals surface area contributed by atoms with E-state index in [1.807, 2.05) is 5.43 Å². The number of hydrogen-bond acceptors (Lipinski definition) is 6. The number of nitrogens with one attached hydrogen (secondary N) is 1. The van der Waals surface area contributed by atoms with Crippen molar-refractivity contribution in [1.29, 1.82) is 0 Å². The van der Waals surface area contributed by atoms with E-state index in [1.165, 1.54) is 0 Å². The predicted molar refractivity (Wildman–Crippen MR) is 34.0 cm³/mol. The van der Waals surface area contributed by atoms with Gasteiger partial charge in [-0.2, -0.15) is 4.68 Å². The summed E-state index contributed by atoms with van der Waals surface area (Å²) >= 11 is 0. The number of aromatic nitrogens is 3. The number of rotatable bonds is 2. The number of nitrogens with zero attached hydrogens (tertiary/aromatic N) is 4. The summed E-state index contributed by atoms with van der Waals surface area (Å²) in [5, 5.41) is 9.02. The minimum Gasteiger partial charge on any atom is -0.366 e. The monoisotopic (exact) mass is 143 g/mol. The van der Waals surface area contributed by atoms with Crippen molar-refractivity contribution < 1.29 is 0 Å². The van der Waals surface area contributed by atoms with Crippen LogP contribution in [0.4, 0.5) is 11.9 Å². The molecule has 0 bridgehead atoms. The highest BCUT2D eigenvalue weighted by Crippen LogP contribution is 2.01. The summed E-state index contributed by atoms with van der Waals surface area (Å²) in [5.41, 5.74) is 7.10. The fraction of sp³-hybridized carbons (Fsp3) is 0. The molecule has 1 aromatic rings. The molecule has 0 aromatic carbocycles. The van der Waals surface area contributed by atoms with Crippen molar-refractivity contribution in [1.82, 2.24) is 14.9 Å². The first kappa shape index (κ1) is 6.26. The van der Waals surface area contributed by atoms with E-state index >= 15 is 0 Å². The Morgan fingerprint density at radius 1 is 1.60 bits per heavy atom. The average molecular weight is 143 g/mol. The lowest BCUT2D eigenvalue weighted by molar-refractivity contribution is 0.996. The highest BCUT2D eigenvalue weighted by atomic mass is 16.3. The molecule has 0 saturated heterocycles. The molecule has 0 aliphatic carbocycles. The minimum atomic E-state index is 0.00569. The first-order valence-corrected chi connectivity index (χ1v) is 2.30. The van der Waals surface area contributed by atoms with Gasteiger partial charge in [0.15, 0.2) is 0 Å². The molecule has 0 atom stereocenters. The van der Waals surface area contributed by atoms with Gasteiger partial charge in [0.25, 0.3) is 5.95 Å². The molecule has 1 aromatic heterocycles. The summed E-state index contributed by atoms with van der Waals surface area (Å²) in [6.45, 7) is 0. The SMILES string of the molecule is Nc1nnc(NN=O)n1N. The van der Waals surface area contributed by atoms with E-state index < -0.39 is 0 Å². The van der Waals surface area contributed by atoms with Gasteiger partial charge < -0.3 is 11.6 Å². The van der Waals surface area contributed by atoms with E-state index in [9.17, 15) is 4.91 Å². The third-order valence-corrected chi connectivity index (χ3v) is 0.868. The molecule has 1 heterocycles. The summed E-state index contributed by atoms with van der Waals surface area (Å²) in [5.74, 6) is 5.21. The Labute approximate surface area is 55.1 Å². The highest BCUT2D eigenvalue weighted by molar-refractivity contribution is 5.32. The van der Waals surface area contributed by atoms with Crippen LogP contribution in [0.15, 0.2) is 5.29 Å². The topological polar surface area (TPSA) is 124 Å². The zero-order chi connectivity index (χ0) is 7.56. The zero-order valence-corrected chi connectivity index (χ0v) is 4.85. The molecule has 0 fully saturated rings. The molecule has 0 unspecified atom stereocenters. The van der Waals surface area contributed by atoms with Gasteiger partial charge in [-0.15, -0.1) is 15.1 Å². The maximum absolute atomic E-state index is 9.60. The second-order valence-electron chi connectivity index (χ2n) is 1.45. The van der Waals surface area contributed by atoms with Gasteiger partial charge >= 0.3 is 0 Å². The molecule has 0 spiro atoms. The van der Waals surface area contributed by atoms with Crippen molar-refractivity contribution >= 4 is 11.9 Å². The van der Waals surface area contributed by atoms with Crippen LogP contribution in [0.25, 0.3) is 0 Å². The standard InChI is InChI=1S/C2H5N7O/c3-1-5-6-2(7-8-10)9(1)4/h4H2,(H2,3,5)(H,6,7,10). The number of anilines is 2. The number of nitrogen functional groups attached to an aromatic ring is 2. The molecule has 0 radical (unpaired) electrons. The predicted octanol–water partition coefficient (Wildman–Crippen LogP) is -1.33. The molecule has 1 rings (SSSR count). The van der Waals surface area contributed by atoms with Crippen molar-refractivity contribution in [2.24, 2.45) is 5.29 Å². The summed E-state index contributed by atoms with van der Waals surface area (Å²) in [6.07, 6.45) is 0. The van der Waals surface area contributed by atoms with Crippen molar-refractivity contribution in [3.05, 3.63) is 4.91 Å². The number of hydrogen-bond donors (Lipinski definition) is 3. The van der Waals surface area contributed by atoms with Crippen LogP contribution in [0.5, 0.6) is 0 Å². The lowest BCUT2D eigenvalue weighted by Gasteiger charge is -1.94. The number of nitroso groups, excluding NO2 is 1. The van der Waals surface area contributed by atoms with Crippen LogP contribution in [0, 0.1) is 4.91 Å². The summed E-state index contributed by atoms with van der Waals surface area (Å²) in [6, 6.07) is 0. The van der Waals surface area contributed by atoms with E-state index in [2.05, 4.69) is 15.5 Å². The van der Waals surface area contributed by atoms with Crippen LogP contribution in [-0.2, 0) is 0 Å². The van der Waals surface area contributed by atoms with E-state index in [4.69, 9.17) is 11.6 Å². The molecule has 8 nitrogen and oxygen atoms in total. The molecule has 10 heavy (non-hydrogen) atoms. The van der Waals surface area contributed by atoms with Gasteiger partial charge in [-0.1, -0.05) is 0 Å². The molecule has 54 valence electrons. The lowest BCUT2D eigenvalue weighted by atomic mass is 11.0. The smallest absolute Gasteiger partial charge is 0.267 e. The van der Waals surface area contributed by atoms with Crippen LogP contribution in [0.1, 0.15) is 0 Å². The quantitative estimate of drug-likeness (QED) is 0.267. The Kier molecular flexibility index (Phi) is 1.36. The largest absolute Gasteiger partial charge is 0.366 e. The second kappa shape index (κ2) is 2.17. The Morgan fingerprint density at radius 3 is 2.70 bits per heavy atom. The maximum atomic E-state index is 9.60. The van der Waals surface area contributed by atoms with E-state index in [1.54, 1.807) is 0 Å². The van der Waals surface area contributed by atoms with Crippen LogP contribution in [0.3, 0.4) is 0 Å². The van der Waals surface area contributed by atoms with E-state index in [0.29, 0.717) is 0 Å². The Morgan fingerprint density at radius 2 is 2.30 bits per heavy atom. The highest BCUT2D eigenvalue weighted by Gasteiger charge is 2.03. The Hall–Kier alpha value is -1.86. The van der Waals surface area contributed by atoms with Gasteiger partial charge in [0, 0.05) is 0 Å². The Bertz CT molecular complexity index is 240. The molecule has 0 amide bonds. The van der Waals surface area contributed by atoms with Crippen LogP contribution < -0.4 is 17.0 Å². The second-order valence-corrected chi connectivity index (χ2v) is 1.45. The first-order valence-electron chi connectivity index (χ1n) is 2.30. The fourth-order valence-corrected chi connectivity index (χ4v) is 0.421. The third kappa shape index (κ3) is 0.811. The zero-order valence-electron chi connectivity index (χ0n) is 4.85. The first-order chi connectivity index (χ1) is 4.75. The normalized spacial score (nSPS) is 9.20.